The lowest BCUT2D eigenvalue weighted by atomic mass is 10.1. The zero-order chi connectivity index (χ0) is 30.3. The van der Waals surface area contributed by atoms with E-state index in [1.165, 1.54) is 16.9 Å². The van der Waals surface area contributed by atoms with Gasteiger partial charge >= 0.3 is 0 Å². The molecule has 2 N–H and O–H groups in total. The molecule has 2 aliphatic heterocycles. The highest BCUT2D eigenvalue weighted by atomic mass is 32.1. The van der Waals surface area contributed by atoms with Crippen LogP contribution in [0.1, 0.15) is 21.5 Å². The van der Waals surface area contributed by atoms with Gasteiger partial charge in [-0.2, -0.15) is 0 Å². The normalized spacial score (nSPS) is 16.1. The number of carbonyl (C=O) groups excluding carboxylic acids is 2. The number of amides is 2. The number of likely N-dealkylation sites (N-methyl/N-ethyl adjacent to an activating group) is 1. The monoisotopic (exact) mass is 610 g/mol. The van der Waals surface area contributed by atoms with Gasteiger partial charge in [0.25, 0.3) is 5.91 Å². The van der Waals surface area contributed by atoms with Gasteiger partial charge in [0.15, 0.2) is 0 Å². The number of benzene rings is 3. The van der Waals surface area contributed by atoms with E-state index in [2.05, 4.69) is 65.7 Å². The van der Waals surface area contributed by atoms with Crippen LogP contribution >= 0.6 is 11.3 Å². The van der Waals surface area contributed by atoms with Crippen LogP contribution in [0.2, 0.25) is 0 Å². The van der Waals surface area contributed by atoms with Crippen molar-refractivity contribution < 1.29 is 9.59 Å². The van der Waals surface area contributed by atoms with E-state index in [4.69, 9.17) is 0 Å². The molecule has 0 unspecified atom stereocenters. The zero-order valence-electron chi connectivity index (χ0n) is 25.0. The summed E-state index contributed by atoms with van der Waals surface area (Å²) in [5, 5.41) is 15.8. The van der Waals surface area contributed by atoms with Crippen molar-refractivity contribution >= 4 is 44.8 Å². The molecule has 1 aromatic heterocycles. The first kappa shape index (κ1) is 29.7. The topological polar surface area (TPSA) is 96.9 Å². The van der Waals surface area contributed by atoms with Crippen LogP contribution < -0.4 is 20.4 Å². The number of hydrogen-bond donors (Lipinski definition) is 2. The quantitative estimate of drug-likeness (QED) is 0.293. The van der Waals surface area contributed by atoms with Crippen molar-refractivity contribution in [3.63, 3.8) is 0 Å². The van der Waals surface area contributed by atoms with Crippen molar-refractivity contribution in [1.29, 1.82) is 0 Å². The van der Waals surface area contributed by atoms with E-state index in [0.717, 1.165) is 81.0 Å². The highest BCUT2D eigenvalue weighted by Gasteiger charge is 2.21. The molecule has 0 radical (unpaired) electrons. The maximum absolute atomic E-state index is 13.0. The molecule has 10 nitrogen and oxygen atoms in total. The van der Waals surface area contributed by atoms with E-state index in [1.807, 2.05) is 60.7 Å². The molecule has 0 atom stereocenters. The van der Waals surface area contributed by atoms with Crippen LogP contribution in [0.4, 0.5) is 21.6 Å². The van der Waals surface area contributed by atoms with Gasteiger partial charge in [-0.05, 0) is 48.5 Å². The van der Waals surface area contributed by atoms with E-state index in [-0.39, 0.29) is 11.8 Å². The lowest BCUT2D eigenvalue weighted by molar-refractivity contribution is -0.115. The van der Waals surface area contributed by atoms with Gasteiger partial charge in [-0.25, -0.2) is 0 Å². The average molecular weight is 611 g/mol. The average Bonchev–Trinajstić information content (AvgIpc) is 3.51. The Kier molecular flexibility index (Phi) is 9.45. The predicted octanol–water partition coefficient (Wildman–Crippen LogP) is 4.05. The molecule has 2 aliphatic rings. The Labute approximate surface area is 262 Å². The van der Waals surface area contributed by atoms with Crippen LogP contribution in [0.25, 0.3) is 0 Å². The number of nitrogens with one attached hydrogen (secondary N) is 2. The van der Waals surface area contributed by atoms with Gasteiger partial charge in [-0.15, -0.1) is 10.2 Å². The maximum atomic E-state index is 13.0. The molecule has 0 bridgehead atoms. The van der Waals surface area contributed by atoms with Gasteiger partial charge in [0.05, 0.1) is 6.42 Å². The van der Waals surface area contributed by atoms with Crippen molar-refractivity contribution in [1.82, 2.24) is 20.0 Å². The number of nitrogens with zero attached hydrogens (tertiary/aromatic N) is 6. The molecule has 6 rings (SSSR count). The Hall–Kier alpha value is -4.32. The lowest BCUT2D eigenvalue weighted by Gasteiger charge is -2.34. The molecule has 3 heterocycles. The fourth-order valence-electron chi connectivity index (χ4n) is 5.50. The molecular weight excluding hydrogens is 572 g/mol. The third kappa shape index (κ3) is 7.79. The smallest absolute Gasteiger partial charge is 0.255 e. The molecular formula is C33H38N8O2S. The summed E-state index contributed by atoms with van der Waals surface area (Å²) in [7, 11) is 2.14. The first-order valence-corrected chi connectivity index (χ1v) is 15.9. The van der Waals surface area contributed by atoms with Crippen LogP contribution in [0, 0.1) is 0 Å². The minimum Gasteiger partial charge on any atom is -0.369 e. The highest BCUT2D eigenvalue weighted by molar-refractivity contribution is 7.19. The third-order valence-corrected chi connectivity index (χ3v) is 9.01. The summed E-state index contributed by atoms with van der Waals surface area (Å²) >= 11 is 1.41. The summed E-state index contributed by atoms with van der Waals surface area (Å²) in [6, 6.07) is 25.7. The highest BCUT2D eigenvalue weighted by Crippen LogP contribution is 2.26. The predicted molar refractivity (Wildman–Crippen MR) is 177 cm³/mol. The van der Waals surface area contributed by atoms with Crippen molar-refractivity contribution in [3.05, 3.63) is 95.6 Å². The fraction of sp³-hybridized carbons (Fsp3) is 0.333. The molecule has 4 aromatic rings. The Morgan fingerprint density at radius 3 is 2.23 bits per heavy atom. The standard InChI is InChI=1S/C33H38N8O2S/c1-38-14-18-40(19-15-38)29-9-5-8-27(23-29)31(43)34-28-12-10-26(11-13-28)24-39-16-20-41(21-17-39)33-37-36-32(44-33)35-30(42)22-25-6-3-2-4-7-25/h2-13,23H,14-22,24H2,1H3,(H,34,43)(H,35,36,42). The first-order chi connectivity index (χ1) is 21.5. The summed E-state index contributed by atoms with van der Waals surface area (Å²) < 4.78 is 0. The Morgan fingerprint density at radius 2 is 1.48 bits per heavy atom. The van der Waals surface area contributed by atoms with Crippen LogP contribution in [0.5, 0.6) is 0 Å². The van der Waals surface area contributed by atoms with Gasteiger partial charge in [-0.1, -0.05) is 59.9 Å². The van der Waals surface area contributed by atoms with Crippen molar-refractivity contribution in [3.8, 4) is 0 Å². The molecule has 11 heteroatoms. The second-order valence-corrected chi connectivity index (χ2v) is 12.3. The Balaban J connectivity index is 0.952. The van der Waals surface area contributed by atoms with Crippen molar-refractivity contribution in [2.24, 2.45) is 0 Å². The van der Waals surface area contributed by atoms with E-state index in [1.54, 1.807) is 0 Å². The minimum absolute atomic E-state index is 0.0929. The van der Waals surface area contributed by atoms with E-state index < -0.39 is 0 Å². The fourth-order valence-corrected chi connectivity index (χ4v) is 6.31. The number of piperazine rings is 2. The van der Waals surface area contributed by atoms with Crippen molar-refractivity contribution in [2.75, 3.05) is 79.8 Å². The second kappa shape index (κ2) is 14.0. The van der Waals surface area contributed by atoms with Gasteiger partial charge in [0.1, 0.15) is 0 Å². The summed E-state index contributed by atoms with van der Waals surface area (Å²) in [5.74, 6) is -0.190. The molecule has 2 fully saturated rings. The summed E-state index contributed by atoms with van der Waals surface area (Å²) in [6.07, 6.45) is 0.312. The number of carbonyl (C=O) groups is 2. The summed E-state index contributed by atoms with van der Waals surface area (Å²) in [4.78, 5) is 34.7. The van der Waals surface area contributed by atoms with Crippen LogP contribution in [-0.4, -0.2) is 91.2 Å². The third-order valence-electron chi connectivity index (χ3n) is 8.11. The lowest BCUT2D eigenvalue weighted by Crippen LogP contribution is -2.45. The largest absolute Gasteiger partial charge is 0.369 e. The maximum Gasteiger partial charge on any atom is 0.255 e. The Bertz CT molecular complexity index is 1550. The van der Waals surface area contributed by atoms with Crippen LogP contribution in [0.15, 0.2) is 78.9 Å². The number of aromatic nitrogens is 2. The summed E-state index contributed by atoms with van der Waals surface area (Å²) in [6.45, 7) is 8.31. The van der Waals surface area contributed by atoms with Gasteiger partial charge in [0, 0.05) is 75.8 Å². The van der Waals surface area contributed by atoms with Gasteiger partial charge in [-0.3, -0.25) is 14.5 Å². The van der Waals surface area contributed by atoms with Gasteiger partial charge < -0.3 is 25.3 Å². The van der Waals surface area contributed by atoms with Gasteiger partial charge in [0.2, 0.25) is 16.2 Å². The zero-order valence-corrected chi connectivity index (χ0v) is 25.8. The molecule has 228 valence electrons. The second-order valence-electron chi connectivity index (χ2n) is 11.4. The molecule has 0 spiro atoms. The summed E-state index contributed by atoms with van der Waals surface area (Å²) in [5.41, 5.74) is 4.72. The van der Waals surface area contributed by atoms with Crippen LogP contribution in [0.3, 0.4) is 0 Å². The molecule has 2 saturated heterocycles. The number of anilines is 4. The van der Waals surface area contributed by atoms with E-state index >= 15 is 0 Å². The van der Waals surface area contributed by atoms with E-state index in [0.29, 0.717) is 17.1 Å². The molecule has 0 saturated carbocycles. The molecule has 2 amide bonds. The minimum atomic E-state index is -0.0968. The number of rotatable bonds is 9. The van der Waals surface area contributed by atoms with Crippen LogP contribution in [-0.2, 0) is 17.8 Å². The molecule has 44 heavy (non-hydrogen) atoms. The Morgan fingerprint density at radius 1 is 0.750 bits per heavy atom. The first-order valence-electron chi connectivity index (χ1n) is 15.1. The SMILES string of the molecule is CN1CCN(c2cccc(C(=O)Nc3ccc(CN4CCN(c5nnc(NC(=O)Cc6ccccc6)s5)CC4)cc3)c2)CC1. The molecule has 0 aliphatic carbocycles. The molecule has 3 aromatic carbocycles. The number of hydrogen-bond acceptors (Lipinski definition) is 9. The van der Waals surface area contributed by atoms with E-state index in [9.17, 15) is 9.59 Å². The van der Waals surface area contributed by atoms with Crippen molar-refractivity contribution in [2.45, 2.75) is 13.0 Å².